The summed E-state index contributed by atoms with van der Waals surface area (Å²) in [6, 6.07) is 0. The van der Waals surface area contributed by atoms with Gasteiger partial charge in [-0.1, -0.05) is 38.8 Å². The number of hydrogen-bond donors (Lipinski definition) is 4. The second-order valence-corrected chi connectivity index (χ2v) is 5.21. The zero-order valence-electron chi connectivity index (χ0n) is 12.5. The van der Waals surface area contributed by atoms with E-state index >= 15 is 0 Å². The van der Waals surface area contributed by atoms with E-state index in [1.807, 2.05) is 0 Å². The first-order valence-corrected chi connectivity index (χ1v) is 8.91. The maximum absolute atomic E-state index is 9.57. The highest BCUT2D eigenvalue weighted by molar-refractivity contribution is 9.09. The van der Waals surface area contributed by atoms with E-state index in [0.29, 0.717) is 10.7 Å². The average molecular weight is 489 g/mol. The average Bonchev–Trinajstić information content (AvgIpc) is 2.40. The van der Waals surface area contributed by atoms with Gasteiger partial charge in [-0.3, -0.25) is 19.2 Å². The molecule has 0 saturated heterocycles. The summed E-state index contributed by atoms with van der Waals surface area (Å²) in [5, 5.41) is 32.4. The first-order chi connectivity index (χ1) is 10.6. The molecule has 0 aliphatic rings. The molecule has 0 radical (unpaired) electrons. The van der Waals surface area contributed by atoms with Crippen LogP contribution in [0.2, 0.25) is 0 Å². The smallest absolute Gasteiger partial charge is 0.304 e. The molecule has 11 heteroatoms. The molecule has 0 fully saturated rings. The Labute approximate surface area is 156 Å². The molecule has 8 nitrogen and oxygen atoms in total. The molecular weight excluding hydrogens is 467 g/mol. The maximum Gasteiger partial charge on any atom is 0.304 e. The molecule has 0 spiro atoms. The zero-order valence-corrected chi connectivity index (χ0v) is 16.4. The van der Waals surface area contributed by atoms with E-state index in [0.717, 1.165) is 0 Å². The van der Waals surface area contributed by atoms with Crippen molar-refractivity contribution in [1.29, 1.82) is 0 Å². The van der Waals surface area contributed by atoms with Crippen molar-refractivity contribution in [2.75, 3.05) is 16.5 Å². The molecule has 0 bridgehead atoms. The minimum absolute atomic E-state index is 0.0571. The van der Waals surface area contributed by atoms with E-state index in [-0.39, 0.29) is 31.6 Å². The van der Waals surface area contributed by atoms with Crippen LogP contribution in [-0.4, -0.2) is 60.8 Å². The fourth-order valence-electron chi connectivity index (χ4n) is 0.243. The summed E-state index contributed by atoms with van der Waals surface area (Å²) in [6.45, 7) is 1.60. The molecule has 138 valence electrons. The van der Waals surface area contributed by atoms with Crippen LogP contribution in [0.3, 0.4) is 0 Å². The van der Waals surface area contributed by atoms with Crippen molar-refractivity contribution in [3.63, 3.8) is 0 Å². The topological polar surface area (TPSA) is 149 Å². The summed E-state index contributed by atoms with van der Waals surface area (Å²) in [5.74, 6) is -2.90. The van der Waals surface area contributed by atoms with Crippen LogP contribution >= 0.6 is 43.5 Å². The number of alkyl halides is 3. The lowest BCUT2D eigenvalue weighted by Crippen LogP contribution is -1.93. The lowest BCUT2D eigenvalue weighted by molar-refractivity contribution is -0.137. The standard InChI is InChI=1S/2C3H5BrO2.C3H5ClO2.C3H6O2/c3*4-2-1-3(5)6;1-2-3(4)5/h3*1-2H2,(H,5,6);2H2,1H3,(H,4,5). The van der Waals surface area contributed by atoms with E-state index < -0.39 is 23.9 Å². The minimum Gasteiger partial charge on any atom is -0.481 e. The van der Waals surface area contributed by atoms with Gasteiger partial charge in [-0.2, -0.15) is 0 Å². The van der Waals surface area contributed by atoms with Gasteiger partial charge < -0.3 is 20.4 Å². The fourth-order valence-corrected chi connectivity index (χ4v) is 1.08. The highest BCUT2D eigenvalue weighted by Crippen LogP contribution is 1.84. The van der Waals surface area contributed by atoms with Crippen LogP contribution in [-0.2, 0) is 19.2 Å². The summed E-state index contributed by atoms with van der Waals surface area (Å²) in [4.78, 5) is 38.0. The maximum atomic E-state index is 9.57. The molecule has 4 N–H and O–H groups in total. The SMILES string of the molecule is CCC(=O)O.O=C(O)CCBr.O=C(O)CCBr.O=C(O)CCCl. The Bertz CT molecular complexity index is 288. The van der Waals surface area contributed by atoms with E-state index in [1.54, 1.807) is 6.92 Å². The molecule has 0 rings (SSSR count). The van der Waals surface area contributed by atoms with E-state index in [4.69, 9.17) is 32.0 Å². The fraction of sp³-hybridized carbons (Fsp3) is 0.667. The van der Waals surface area contributed by atoms with Gasteiger partial charge in [0.25, 0.3) is 0 Å². The second kappa shape index (κ2) is 26.0. The molecule has 0 aromatic rings. The number of carbonyl (C=O) groups is 4. The molecule has 0 aromatic carbocycles. The van der Waals surface area contributed by atoms with Crippen molar-refractivity contribution in [3.8, 4) is 0 Å². The van der Waals surface area contributed by atoms with Gasteiger partial charge in [0.15, 0.2) is 0 Å². The predicted octanol–water partition coefficient (Wildman–Crippen LogP) is 2.89. The van der Waals surface area contributed by atoms with Gasteiger partial charge in [0.2, 0.25) is 0 Å². The van der Waals surface area contributed by atoms with Crippen molar-refractivity contribution in [3.05, 3.63) is 0 Å². The number of aliphatic carboxylic acids is 4. The summed E-state index contributed by atoms with van der Waals surface area (Å²) >= 11 is 11.0. The lowest BCUT2D eigenvalue weighted by atomic mass is 10.5. The van der Waals surface area contributed by atoms with Gasteiger partial charge in [-0.15, -0.1) is 11.6 Å². The van der Waals surface area contributed by atoms with Crippen molar-refractivity contribution in [2.45, 2.75) is 32.6 Å². The third-order valence-electron chi connectivity index (χ3n) is 1.23. The number of carboxylic acid groups (broad SMARTS) is 4. The largest absolute Gasteiger partial charge is 0.481 e. The van der Waals surface area contributed by atoms with Crippen LogP contribution in [0.25, 0.3) is 0 Å². The molecule has 23 heavy (non-hydrogen) atoms. The van der Waals surface area contributed by atoms with Gasteiger partial charge in [0.05, 0.1) is 19.3 Å². The Balaban J connectivity index is -0.000000105. The van der Waals surface area contributed by atoms with Gasteiger partial charge in [-0.25, -0.2) is 0 Å². The van der Waals surface area contributed by atoms with Crippen LogP contribution in [0.15, 0.2) is 0 Å². The zero-order chi connectivity index (χ0) is 19.3. The number of halogens is 3. The first kappa shape index (κ1) is 30.1. The highest BCUT2D eigenvalue weighted by atomic mass is 79.9. The Morgan fingerprint density at radius 2 is 1.00 bits per heavy atom. The Morgan fingerprint density at radius 1 is 0.739 bits per heavy atom. The molecule has 0 aromatic heterocycles. The van der Waals surface area contributed by atoms with Crippen molar-refractivity contribution in [2.24, 2.45) is 0 Å². The number of rotatable bonds is 7. The normalized spacial score (nSPS) is 8.00. The molecule has 0 unspecified atom stereocenters. The molecule has 0 aliphatic heterocycles. The van der Waals surface area contributed by atoms with Crippen LogP contribution in [0.5, 0.6) is 0 Å². The van der Waals surface area contributed by atoms with Gasteiger partial charge >= 0.3 is 23.9 Å². The molecule has 0 amide bonds. The summed E-state index contributed by atoms with van der Waals surface area (Å²) in [6.07, 6.45) is 0.696. The number of hydrogen-bond acceptors (Lipinski definition) is 4. The van der Waals surface area contributed by atoms with Crippen LogP contribution in [0.4, 0.5) is 0 Å². The Kier molecular flexibility index (Phi) is 34.0. The first-order valence-electron chi connectivity index (χ1n) is 6.13. The van der Waals surface area contributed by atoms with E-state index in [2.05, 4.69) is 31.9 Å². The molecular formula is C12H21Br2ClO8. The monoisotopic (exact) mass is 486 g/mol. The third kappa shape index (κ3) is 75.4. The predicted molar refractivity (Wildman–Crippen MR) is 93.0 cm³/mol. The third-order valence-corrected chi connectivity index (χ3v) is 2.21. The van der Waals surface area contributed by atoms with Gasteiger partial charge in [-0.05, 0) is 0 Å². The van der Waals surface area contributed by atoms with Gasteiger partial charge in [0, 0.05) is 23.0 Å². The van der Waals surface area contributed by atoms with Crippen molar-refractivity contribution in [1.82, 2.24) is 0 Å². The van der Waals surface area contributed by atoms with Crippen LogP contribution in [0, 0.1) is 0 Å². The number of carboxylic acids is 4. The molecule has 0 atom stereocenters. The highest BCUT2D eigenvalue weighted by Gasteiger charge is 1.89. The minimum atomic E-state index is -0.843. The molecule has 0 aliphatic carbocycles. The van der Waals surface area contributed by atoms with E-state index in [1.165, 1.54) is 0 Å². The molecule has 0 saturated carbocycles. The second-order valence-electron chi connectivity index (χ2n) is 3.25. The summed E-state index contributed by atoms with van der Waals surface area (Å²) in [5.41, 5.74) is 0. The lowest BCUT2D eigenvalue weighted by Gasteiger charge is -1.78. The quantitative estimate of drug-likeness (QED) is 0.400. The Hall–Kier alpha value is -0.870. The summed E-state index contributed by atoms with van der Waals surface area (Å²) in [7, 11) is 0. The van der Waals surface area contributed by atoms with Crippen molar-refractivity contribution < 1.29 is 39.6 Å². The van der Waals surface area contributed by atoms with Gasteiger partial charge in [0.1, 0.15) is 0 Å². The van der Waals surface area contributed by atoms with E-state index in [9.17, 15) is 19.2 Å². The summed E-state index contributed by atoms with van der Waals surface area (Å²) < 4.78 is 0. The Morgan fingerprint density at radius 3 is 1.00 bits per heavy atom. The molecule has 0 heterocycles. The van der Waals surface area contributed by atoms with Crippen LogP contribution < -0.4 is 0 Å². The van der Waals surface area contributed by atoms with Crippen molar-refractivity contribution >= 4 is 67.3 Å². The van der Waals surface area contributed by atoms with Crippen LogP contribution in [0.1, 0.15) is 32.6 Å².